The minimum Gasteiger partial charge on any atom is -0.332 e. The van der Waals surface area contributed by atoms with E-state index in [2.05, 4.69) is 22.6 Å². The fraction of sp³-hybridized carbons (Fsp3) is 0.200. The van der Waals surface area contributed by atoms with Gasteiger partial charge in [-0.05, 0) is 24.1 Å². The van der Waals surface area contributed by atoms with Gasteiger partial charge in [-0.15, -0.1) is 0 Å². The second-order valence-corrected chi connectivity index (χ2v) is 3.20. The Bertz CT molecular complexity index is 468. The average Bonchev–Trinajstić information content (AvgIpc) is 2.47. The van der Waals surface area contributed by atoms with Crippen molar-refractivity contribution < 1.29 is 0 Å². The van der Waals surface area contributed by atoms with E-state index in [4.69, 9.17) is 0 Å². The second-order valence-electron chi connectivity index (χ2n) is 3.20. The van der Waals surface area contributed by atoms with Crippen molar-refractivity contribution in [2.45, 2.75) is 6.92 Å². The van der Waals surface area contributed by atoms with Gasteiger partial charge in [-0.3, -0.25) is 0 Å². The predicted molar refractivity (Wildman–Crippen MR) is 53.2 cm³/mol. The minimum absolute atomic E-state index is 0.785. The summed E-state index contributed by atoms with van der Waals surface area (Å²) in [6, 6.07) is 2.05. The Hall–Kier alpha value is -1.64. The number of aromatic nitrogens is 3. The Balaban J connectivity index is 2.72. The molecule has 2 heterocycles. The summed E-state index contributed by atoms with van der Waals surface area (Å²) in [6.45, 7) is 5.85. The lowest BCUT2D eigenvalue weighted by Gasteiger charge is -1.99. The van der Waals surface area contributed by atoms with E-state index in [1.54, 1.807) is 12.5 Å². The van der Waals surface area contributed by atoms with Crippen LogP contribution in [0.5, 0.6) is 0 Å². The molecule has 0 fully saturated rings. The molecule has 0 N–H and O–H groups in total. The number of hydrogen-bond acceptors (Lipinski definition) is 2. The molecular formula is C10H11N3. The number of hydrogen-bond donors (Lipinski definition) is 0. The standard InChI is InChI=1S/C10H11N3/c1-7(2)8-4-9-10(11-5-8)12-6-13(9)3/h4-6H,1H2,2-3H3. The van der Waals surface area contributed by atoms with Gasteiger partial charge < -0.3 is 4.57 Å². The highest BCUT2D eigenvalue weighted by atomic mass is 15.0. The third kappa shape index (κ3) is 1.22. The van der Waals surface area contributed by atoms with E-state index in [0.29, 0.717) is 0 Å². The zero-order valence-electron chi connectivity index (χ0n) is 7.78. The molecule has 0 amide bonds. The first-order valence-electron chi connectivity index (χ1n) is 4.11. The number of nitrogens with zero attached hydrogens (tertiary/aromatic N) is 3. The van der Waals surface area contributed by atoms with Crippen molar-refractivity contribution >= 4 is 16.7 Å². The highest BCUT2D eigenvalue weighted by molar-refractivity contribution is 5.76. The molecule has 2 rings (SSSR count). The first-order chi connectivity index (χ1) is 6.18. The van der Waals surface area contributed by atoms with Gasteiger partial charge >= 0.3 is 0 Å². The number of aryl methyl sites for hydroxylation is 1. The molecule has 13 heavy (non-hydrogen) atoms. The van der Waals surface area contributed by atoms with Crippen LogP contribution in [0.2, 0.25) is 0 Å². The number of fused-ring (bicyclic) bond motifs is 1. The minimum atomic E-state index is 0.785. The van der Waals surface area contributed by atoms with Crippen molar-refractivity contribution in [2.75, 3.05) is 0 Å². The highest BCUT2D eigenvalue weighted by Crippen LogP contribution is 2.15. The van der Waals surface area contributed by atoms with E-state index in [1.165, 1.54) is 0 Å². The van der Waals surface area contributed by atoms with Gasteiger partial charge in [0.2, 0.25) is 0 Å². The fourth-order valence-corrected chi connectivity index (χ4v) is 1.24. The second kappa shape index (κ2) is 2.69. The smallest absolute Gasteiger partial charge is 0.177 e. The topological polar surface area (TPSA) is 30.7 Å². The Kier molecular flexibility index (Phi) is 1.65. The van der Waals surface area contributed by atoms with Gasteiger partial charge in [-0.2, -0.15) is 0 Å². The lowest BCUT2D eigenvalue weighted by molar-refractivity contribution is 0.947. The highest BCUT2D eigenvalue weighted by Gasteiger charge is 2.02. The SMILES string of the molecule is C=C(C)c1cnc2ncn(C)c2c1. The monoisotopic (exact) mass is 173 g/mol. The van der Waals surface area contributed by atoms with Gasteiger partial charge in [0.25, 0.3) is 0 Å². The molecule has 2 aromatic heterocycles. The zero-order chi connectivity index (χ0) is 9.42. The molecule has 0 unspecified atom stereocenters. The van der Waals surface area contributed by atoms with E-state index in [-0.39, 0.29) is 0 Å². The third-order valence-corrected chi connectivity index (χ3v) is 2.07. The molecule has 3 nitrogen and oxygen atoms in total. The first-order valence-corrected chi connectivity index (χ1v) is 4.11. The number of allylic oxidation sites excluding steroid dienone is 1. The zero-order valence-corrected chi connectivity index (χ0v) is 7.78. The molecule has 66 valence electrons. The van der Waals surface area contributed by atoms with Crippen LogP contribution in [-0.2, 0) is 7.05 Å². The maximum absolute atomic E-state index is 4.23. The van der Waals surface area contributed by atoms with Crippen LogP contribution in [0.1, 0.15) is 12.5 Å². The summed E-state index contributed by atoms with van der Waals surface area (Å²) in [5.74, 6) is 0. The maximum atomic E-state index is 4.23. The van der Waals surface area contributed by atoms with Crippen LogP contribution in [0, 0.1) is 0 Å². The Morgan fingerprint density at radius 1 is 1.46 bits per heavy atom. The van der Waals surface area contributed by atoms with Crippen molar-refractivity contribution in [3.05, 3.63) is 30.7 Å². The van der Waals surface area contributed by atoms with Crippen molar-refractivity contribution in [3.63, 3.8) is 0 Å². The summed E-state index contributed by atoms with van der Waals surface area (Å²) < 4.78 is 1.95. The number of imidazole rings is 1. The van der Waals surface area contributed by atoms with E-state index in [1.807, 2.05) is 18.5 Å². The summed E-state index contributed by atoms with van der Waals surface area (Å²) in [6.07, 6.45) is 3.57. The third-order valence-electron chi connectivity index (χ3n) is 2.07. The fourth-order valence-electron chi connectivity index (χ4n) is 1.24. The Morgan fingerprint density at radius 3 is 2.92 bits per heavy atom. The number of pyridine rings is 1. The van der Waals surface area contributed by atoms with Crippen LogP contribution in [0.25, 0.3) is 16.7 Å². The van der Waals surface area contributed by atoms with Crippen molar-refractivity contribution in [1.82, 2.24) is 14.5 Å². The van der Waals surface area contributed by atoms with E-state index in [9.17, 15) is 0 Å². The normalized spacial score (nSPS) is 10.6. The van der Waals surface area contributed by atoms with Crippen LogP contribution in [-0.4, -0.2) is 14.5 Å². The van der Waals surface area contributed by atoms with Gasteiger partial charge in [0.1, 0.15) is 0 Å². The summed E-state index contributed by atoms with van der Waals surface area (Å²) in [7, 11) is 1.96. The summed E-state index contributed by atoms with van der Waals surface area (Å²) in [5.41, 5.74) is 3.92. The molecular weight excluding hydrogens is 162 g/mol. The van der Waals surface area contributed by atoms with Crippen LogP contribution >= 0.6 is 0 Å². The largest absolute Gasteiger partial charge is 0.332 e. The molecule has 2 aromatic rings. The van der Waals surface area contributed by atoms with Crippen molar-refractivity contribution in [2.24, 2.45) is 7.05 Å². The lowest BCUT2D eigenvalue weighted by atomic mass is 10.1. The first kappa shape index (κ1) is 7.98. The molecule has 0 aliphatic carbocycles. The molecule has 0 spiro atoms. The van der Waals surface area contributed by atoms with Gasteiger partial charge in [0.15, 0.2) is 5.65 Å². The molecule has 3 heteroatoms. The number of rotatable bonds is 1. The van der Waals surface area contributed by atoms with Gasteiger partial charge in [-0.25, -0.2) is 9.97 Å². The average molecular weight is 173 g/mol. The van der Waals surface area contributed by atoms with Gasteiger partial charge in [0, 0.05) is 13.2 Å². The predicted octanol–water partition coefficient (Wildman–Crippen LogP) is 2.00. The van der Waals surface area contributed by atoms with Crippen LogP contribution in [0.3, 0.4) is 0 Å². The van der Waals surface area contributed by atoms with Crippen molar-refractivity contribution in [1.29, 1.82) is 0 Å². The van der Waals surface area contributed by atoms with Crippen LogP contribution < -0.4 is 0 Å². The van der Waals surface area contributed by atoms with Crippen LogP contribution in [0.15, 0.2) is 25.2 Å². The maximum Gasteiger partial charge on any atom is 0.177 e. The van der Waals surface area contributed by atoms with Crippen molar-refractivity contribution in [3.8, 4) is 0 Å². The molecule has 0 saturated heterocycles. The summed E-state index contributed by atoms with van der Waals surface area (Å²) in [5, 5.41) is 0. The van der Waals surface area contributed by atoms with Crippen LogP contribution in [0.4, 0.5) is 0 Å². The molecule has 0 radical (unpaired) electrons. The quantitative estimate of drug-likeness (QED) is 0.660. The Labute approximate surface area is 76.7 Å². The van der Waals surface area contributed by atoms with E-state index < -0.39 is 0 Å². The molecule has 0 aliphatic heterocycles. The molecule has 0 aliphatic rings. The summed E-state index contributed by atoms with van der Waals surface area (Å²) in [4.78, 5) is 8.37. The Morgan fingerprint density at radius 2 is 2.23 bits per heavy atom. The molecule has 0 aromatic carbocycles. The molecule has 0 bridgehead atoms. The van der Waals surface area contributed by atoms with E-state index in [0.717, 1.165) is 22.3 Å². The summed E-state index contributed by atoms with van der Waals surface area (Å²) >= 11 is 0. The molecule has 0 saturated carbocycles. The van der Waals surface area contributed by atoms with E-state index >= 15 is 0 Å². The van der Waals surface area contributed by atoms with Gasteiger partial charge in [0.05, 0.1) is 11.8 Å². The molecule has 0 atom stereocenters. The van der Waals surface area contributed by atoms with Gasteiger partial charge in [-0.1, -0.05) is 6.58 Å². The lowest BCUT2D eigenvalue weighted by Crippen LogP contribution is -1.87.